The molecule has 2 saturated carbocycles. The molecule has 0 aromatic carbocycles. The molecule has 0 bridgehead atoms. The molecule has 3 aliphatic rings. The molecule has 3 heterocycles. The first-order valence-electron chi connectivity index (χ1n) is 14.1. The van der Waals surface area contributed by atoms with Gasteiger partial charge in [-0.05, 0) is 49.7 Å². The molecule has 0 spiro atoms. The Morgan fingerprint density at radius 1 is 1.07 bits per heavy atom. The van der Waals surface area contributed by atoms with Gasteiger partial charge in [-0.2, -0.15) is 0 Å². The first-order chi connectivity index (χ1) is 19.7. The number of hydrogen-bond acceptors (Lipinski definition) is 11. The molecule has 0 amide bonds. The highest BCUT2D eigenvalue weighted by molar-refractivity contribution is 5.67. The smallest absolute Gasteiger partial charge is 0.345 e. The van der Waals surface area contributed by atoms with Gasteiger partial charge in [-0.3, -0.25) is 19.4 Å². The van der Waals surface area contributed by atoms with E-state index in [-0.39, 0.29) is 36.0 Å². The molecule has 1 N–H and O–H groups in total. The van der Waals surface area contributed by atoms with Gasteiger partial charge in [0.15, 0.2) is 0 Å². The molecule has 1 aliphatic heterocycles. The SMILES string of the molecule is CC(=O)OC[C@]1(C)[C@H](OC(C)=O)CC[C@]2(C)C3[C@@H](O)c4c(cc(-c5cccnc5)oc4=O)O[C@]3(C)[C@@H](OC(C)=O)C[C@@H]12. The highest BCUT2D eigenvalue weighted by atomic mass is 16.6. The first kappa shape index (κ1) is 29.8. The number of aliphatic hydroxyl groups is 1. The van der Waals surface area contributed by atoms with Crippen LogP contribution in [0.4, 0.5) is 0 Å². The molecule has 0 radical (unpaired) electrons. The molecule has 8 atom stereocenters. The molecule has 2 aromatic rings. The fourth-order valence-corrected chi connectivity index (χ4v) is 8.04. The Balaban J connectivity index is 1.66. The molecular weight excluding hydrogens is 546 g/mol. The molecule has 0 saturated heterocycles. The fraction of sp³-hybridized carbons (Fsp3) is 0.581. The molecule has 1 unspecified atom stereocenters. The van der Waals surface area contributed by atoms with Crippen LogP contribution in [-0.4, -0.2) is 52.4 Å². The zero-order valence-corrected chi connectivity index (χ0v) is 24.7. The van der Waals surface area contributed by atoms with Gasteiger partial charge >= 0.3 is 23.5 Å². The minimum Gasteiger partial charge on any atom is -0.482 e. The first-order valence-corrected chi connectivity index (χ1v) is 14.1. The second kappa shape index (κ2) is 10.5. The maximum Gasteiger partial charge on any atom is 0.345 e. The van der Waals surface area contributed by atoms with Crippen LogP contribution in [0.25, 0.3) is 11.3 Å². The number of ether oxygens (including phenoxy) is 4. The van der Waals surface area contributed by atoms with Gasteiger partial charge in [-0.15, -0.1) is 0 Å². The summed E-state index contributed by atoms with van der Waals surface area (Å²) in [4.78, 5) is 54.0. The number of carbonyl (C=O) groups is 3. The van der Waals surface area contributed by atoms with Crippen LogP contribution >= 0.6 is 0 Å². The zero-order chi connectivity index (χ0) is 30.6. The van der Waals surface area contributed by atoms with Crippen molar-refractivity contribution in [3.05, 3.63) is 46.6 Å². The van der Waals surface area contributed by atoms with Crippen molar-refractivity contribution < 1.29 is 42.9 Å². The van der Waals surface area contributed by atoms with E-state index in [2.05, 4.69) is 4.98 Å². The molecule has 11 heteroatoms. The predicted molar refractivity (Wildman–Crippen MR) is 147 cm³/mol. The molecule has 5 rings (SSSR count). The van der Waals surface area contributed by atoms with E-state index < -0.39 is 64.2 Å². The van der Waals surface area contributed by atoms with Gasteiger partial charge in [-0.25, -0.2) is 4.79 Å². The van der Waals surface area contributed by atoms with E-state index >= 15 is 0 Å². The van der Waals surface area contributed by atoms with Crippen LogP contribution in [0.2, 0.25) is 0 Å². The Bertz CT molecular complexity index is 1460. The minimum absolute atomic E-state index is 0.0163. The molecular formula is C31H37NO10. The lowest BCUT2D eigenvalue weighted by molar-refractivity contribution is -0.270. The number of rotatable bonds is 5. The van der Waals surface area contributed by atoms with Gasteiger partial charge in [-0.1, -0.05) is 13.8 Å². The van der Waals surface area contributed by atoms with E-state index in [4.69, 9.17) is 23.4 Å². The summed E-state index contributed by atoms with van der Waals surface area (Å²) in [5, 5.41) is 12.1. The van der Waals surface area contributed by atoms with Crippen LogP contribution in [0.3, 0.4) is 0 Å². The van der Waals surface area contributed by atoms with Crippen molar-refractivity contribution in [2.45, 2.75) is 84.7 Å². The van der Waals surface area contributed by atoms with E-state index in [0.717, 1.165) is 0 Å². The average Bonchev–Trinajstić information content (AvgIpc) is 2.90. The topological polar surface area (TPSA) is 151 Å². The number of hydrogen-bond donors (Lipinski definition) is 1. The third kappa shape index (κ3) is 4.77. The zero-order valence-electron chi connectivity index (χ0n) is 24.7. The summed E-state index contributed by atoms with van der Waals surface area (Å²) >= 11 is 0. The fourth-order valence-electron chi connectivity index (χ4n) is 8.04. The van der Waals surface area contributed by atoms with Crippen molar-refractivity contribution in [2.75, 3.05) is 6.61 Å². The number of esters is 3. The van der Waals surface area contributed by atoms with Crippen LogP contribution in [-0.2, 0) is 28.6 Å². The third-order valence-corrected chi connectivity index (χ3v) is 9.73. The van der Waals surface area contributed by atoms with Gasteiger partial charge in [0.05, 0.1) is 6.10 Å². The normalized spacial score (nSPS) is 35.0. The summed E-state index contributed by atoms with van der Waals surface area (Å²) in [6, 6.07) is 5.00. The molecule has 226 valence electrons. The summed E-state index contributed by atoms with van der Waals surface area (Å²) in [6.45, 7) is 9.56. The van der Waals surface area contributed by atoms with Crippen LogP contribution in [0.1, 0.15) is 72.5 Å². The lowest BCUT2D eigenvalue weighted by Gasteiger charge is -2.66. The summed E-state index contributed by atoms with van der Waals surface area (Å²) in [5.41, 5.74) is -3.09. The van der Waals surface area contributed by atoms with Gasteiger partial charge in [0, 0.05) is 56.1 Å². The molecule has 2 aromatic heterocycles. The highest BCUT2D eigenvalue weighted by Gasteiger charge is 2.70. The standard InChI is InChI=1S/C31H37NO10/c1-16(33)38-15-30(5)22-13-24(40-18(3)35)31(6)27(29(22,4)10-9-23(30)39-17(2)34)26(36)25-21(42-31)12-20(41-28(25)37)19-8-7-11-32-14-19/h7-8,11-12,14,22-24,26-27,36H,9-10,13,15H2,1-6H3/t22-,23-,24+,26+,27?,29+,30+,31-/m1/s1. The Morgan fingerprint density at radius 2 is 1.76 bits per heavy atom. The van der Waals surface area contributed by atoms with Crippen molar-refractivity contribution in [3.8, 4) is 17.1 Å². The Morgan fingerprint density at radius 3 is 2.38 bits per heavy atom. The van der Waals surface area contributed by atoms with E-state index in [9.17, 15) is 24.3 Å². The van der Waals surface area contributed by atoms with Crippen molar-refractivity contribution in [1.82, 2.24) is 4.98 Å². The van der Waals surface area contributed by atoms with Crippen LogP contribution in [0, 0.1) is 22.7 Å². The van der Waals surface area contributed by atoms with E-state index in [1.807, 2.05) is 13.8 Å². The Kier molecular flexibility index (Phi) is 7.45. The molecule has 11 nitrogen and oxygen atoms in total. The largest absolute Gasteiger partial charge is 0.482 e. The number of pyridine rings is 1. The van der Waals surface area contributed by atoms with Gasteiger partial charge in [0.25, 0.3) is 0 Å². The van der Waals surface area contributed by atoms with E-state index in [1.54, 1.807) is 37.5 Å². The average molecular weight is 584 g/mol. The second-order valence-corrected chi connectivity index (χ2v) is 12.4. The minimum atomic E-state index is -1.34. The number of fused-ring (bicyclic) bond motifs is 4. The van der Waals surface area contributed by atoms with Gasteiger partial charge in [0.1, 0.15) is 41.5 Å². The van der Waals surface area contributed by atoms with Gasteiger partial charge in [0.2, 0.25) is 0 Å². The molecule has 2 fully saturated rings. The highest BCUT2D eigenvalue weighted by Crippen LogP contribution is 2.67. The lowest BCUT2D eigenvalue weighted by Crippen LogP contribution is -2.71. The maximum absolute atomic E-state index is 13.4. The second-order valence-electron chi connectivity index (χ2n) is 12.4. The Hall–Kier alpha value is -3.73. The number of nitrogens with zero attached hydrogens (tertiary/aromatic N) is 1. The van der Waals surface area contributed by atoms with E-state index in [1.165, 1.54) is 20.8 Å². The van der Waals surface area contributed by atoms with Crippen LogP contribution in [0.15, 0.2) is 39.8 Å². The van der Waals surface area contributed by atoms with Crippen LogP contribution in [0.5, 0.6) is 5.75 Å². The van der Waals surface area contributed by atoms with Crippen molar-refractivity contribution in [3.63, 3.8) is 0 Å². The lowest BCUT2D eigenvalue weighted by atomic mass is 9.42. The van der Waals surface area contributed by atoms with Crippen molar-refractivity contribution >= 4 is 17.9 Å². The third-order valence-electron chi connectivity index (χ3n) is 9.73. The Labute approximate surface area is 243 Å². The summed E-state index contributed by atoms with van der Waals surface area (Å²) < 4.78 is 29.5. The summed E-state index contributed by atoms with van der Waals surface area (Å²) in [5.74, 6) is -2.25. The van der Waals surface area contributed by atoms with Crippen LogP contribution < -0.4 is 10.4 Å². The van der Waals surface area contributed by atoms with Crippen molar-refractivity contribution in [1.29, 1.82) is 0 Å². The molecule has 42 heavy (non-hydrogen) atoms. The van der Waals surface area contributed by atoms with Gasteiger partial charge < -0.3 is 28.5 Å². The monoisotopic (exact) mass is 583 g/mol. The summed E-state index contributed by atoms with van der Waals surface area (Å²) in [7, 11) is 0. The quantitative estimate of drug-likeness (QED) is 0.405. The number of aromatic nitrogens is 1. The van der Waals surface area contributed by atoms with E-state index in [0.29, 0.717) is 18.4 Å². The molecule has 2 aliphatic carbocycles. The van der Waals surface area contributed by atoms with Crippen molar-refractivity contribution in [2.24, 2.45) is 22.7 Å². The summed E-state index contributed by atoms with van der Waals surface area (Å²) in [6.07, 6.45) is 1.53. The number of aliphatic hydroxyl groups excluding tert-OH is 1. The maximum atomic E-state index is 13.4. The predicted octanol–water partition coefficient (Wildman–Crippen LogP) is 3.76. The number of carbonyl (C=O) groups excluding carboxylic acids is 3.